The van der Waals surface area contributed by atoms with Crippen molar-refractivity contribution in [2.45, 2.75) is 19.3 Å². The van der Waals surface area contributed by atoms with Gasteiger partial charge in [0.15, 0.2) is 0 Å². The number of nitrogens with zero attached hydrogens (tertiary/aromatic N) is 2. The Morgan fingerprint density at radius 2 is 1.97 bits per heavy atom. The molecule has 30 heavy (non-hydrogen) atoms. The molecule has 2 amide bonds. The highest BCUT2D eigenvalue weighted by Crippen LogP contribution is 2.35. The number of amides is 2. The Morgan fingerprint density at radius 1 is 1.13 bits per heavy atom. The van der Waals surface area contributed by atoms with Crippen molar-refractivity contribution < 1.29 is 9.59 Å². The zero-order valence-corrected chi connectivity index (χ0v) is 17.8. The van der Waals surface area contributed by atoms with Crippen LogP contribution < -0.4 is 5.32 Å². The lowest BCUT2D eigenvalue weighted by Crippen LogP contribution is -2.44. The maximum absolute atomic E-state index is 12.9. The number of hydrogen-bond acceptors (Lipinski definition) is 4. The summed E-state index contributed by atoms with van der Waals surface area (Å²) in [5.41, 5.74) is 3.79. The first kappa shape index (κ1) is 20.3. The highest BCUT2D eigenvalue weighted by molar-refractivity contribution is 7.08. The zero-order chi connectivity index (χ0) is 21.0. The smallest absolute Gasteiger partial charge is 0.228 e. The molecule has 0 unspecified atom stereocenters. The van der Waals surface area contributed by atoms with Crippen LogP contribution in [0.3, 0.4) is 0 Å². The molecule has 5 nitrogen and oxygen atoms in total. The number of aromatic nitrogens is 1. The van der Waals surface area contributed by atoms with Gasteiger partial charge in [-0.25, -0.2) is 0 Å². The van der Waals surface area contributed by atoms with Crippen LogP contribution in [-0.2, 0) is 22.4 Å². The second kappa shape index (κ2) is 8.79. The van der Waals surface area contributed by atoms with Crippen molar-refractivity contribution in [3.05, 3.63) is 76.7 Å². The summed E-state index contributed by atoms with van der Waals surface area (Å²) in [7, 11) is 1.67. The molecule has 0 radical (unpaired) electrons. The Morgan fingerprint density at radius 3 is 2.63 bits per heavy atom. The maximum Gasteiger partial charge on any atom is 0.228 e. The van der Waals surface area contributed by atoms with Crippen LogP contribution in [0.4, 0.5) is 0 Å². The second-order valence-electron chi connectivity index (χ2n) is 7.85. The Hall–Kier alpha value is -2.99. The molecular formula is C24H25N3O2S. The van der Waals surface area contributed by atoms with Crippen molar-refractivity contribution in [3.8, 4) is 11.1 Å². The predicted molar refractivity (Wildman–Crippen MR) is 119 cm³/mol. The lowest BCUT2D eigenvalue weighted by molar-refractivity contribution is -0.132. The normalized spacial score (nSPS) is 18.4. The number of carbonyl (C=O) groups is 2. The first-order valence-corrected chi connectivity index (χ1v) is 11.0. The third-order valence-corrected chi connectivity index (χ3v) is 6.53. The van der Waals surface area contributed by atoms with E-state index in [0.29, 0.717) is 32.4 Å². The van der Waals surface area contributed by atoms with E-state index in [2.05, 4.69) is 51.4 Å². The predicted octanol–water partition coefficient (Wildman–Crippen LogP) is 3.56. The summed E-state index contributed by atoms with van der Waals surface area (Å²) in [6.45, 7) is 1.04. The first-order chi connectivity index (χ1) is 14.6. The van der Waals surface area contributed by atoms with Gasteiger partial charge in [-0.05, 0) is 58.0 Å². The van der Waals surface area contributed by atoms with Gasteiger partial charge in [-0.2, -0.15) is 11.3 Å². The molecule has 1 aromatic carbocycles. The molecule has 3 aromatic rings. The monoisotopic (exact) mass is 419 g/mol. The van der Waals surface area contributed by atoms with Crippen molar-refractivity contribution in [1.29, 1.82) is 0 Å². The highest BCUT2D eigenvalue weighted by Gasteiger charge is 2.45. The lowest BCUT2D eigenvalue weighted by Gasteiger charge is -2.28. The van der Waals surface area contributed by atoms with E-state index in [1.165, 1.54) is 11.1 Å². The number of likely N-dealkylation sites (tertiary alicyclic amines) is 1. The molecule has 1 aliphatic heterocycles. The summed E-state index contributed by atoms with van der Waals surface area (Å²) in [6, 6.07) is 14.2. The third-order valence-electron chi connectivity index (χ3n) is 5.84. The average molecular weight is 420 g/mol. The average Bonchev–Trinajstić information content (AvgIpc) is 3.46. The van der Waals surface area contributed by atoms with E-state index in [9.17, 15) is 9.59 Å². The largest absolute Gasteiger partial charge is 0.359 e. The molecule has 1 atom stereocenters. The van der Waals surface area contributed by atoms with Gasteiger partial charge in [-0.15, -0.1) is 0 Å². The van der Waals surface area contributed by atoms with Gasteiger partial charge in [0.05, 0.1) is 11.8 Å². The van der Waals surface area contributed by atoms with E-state index >= 15 is 0 Å². The number of hydrogen-bond donors (Lipinski definition) is 1. The quantitative estimate of drug-likeness (QED) is 0.665. The zero-order valence-electron chi connectivity index (χ0n) is 17.0. The molecule has 1 N–H and O–H groups in total. The summed E-state index contributed by atoms with van der Waals surface area (Å²) in [4.78, 5) is 31.6. The Kier molecular flexibility index (Phi) is 5.95. The summed E-state index contributed by atoms with van der Waals surface area (Å²) in [5, 5.41) is 7.02. The molecule has 4 rings (SSSR count). The van der Waals surface area contributed by atoms with Crippen LogP contribution >= 0.6 is 11.3 Å². The van der Waals surface area contributed by atoms with E-state index in [1.54, 1.807) is 30.8 Å². The fraction of sp³-hybridized carbons (Fsp3) is 0.292. The van der Waals surface area contributed by atoms with Crippen molar-refractivity contribution in [1.82, 2.24) is 15.2 Å². The van der Waals surface area contributed by atoms with Gasteiger partial charge in [0.1, 0.15) is 0 Å². The van der Waals surface area contributed by atoms with Gasteiger partial charge in [0.2, 0.25) is 11.8 Å². The van der Waals surface area contributed by atoms with E-state index in [4.69, 9.17) is 0 Å². The summed E-state index contributed by atoms with van der Waals surface area (Å²) < 4.78 is 0. The minimum absolute atomic E-state index is 0.00101. The van der Waals surface area contributed by atoms with Crippen LogP contribution in [0.5, 0.6) is 0 Å². The van der Waals surface area contributed by atoms with Crippen LogP contribution in [0, 0.1) is 5.41 Å². The van der Waals surface area contributed by atoms with Gasteiger partial charge in [-0.3, -0.25) is 14.6 Å². The molecule has 1 fully saturated rings. The molecule has 0 saturated carbocycles. The van der Waals surface area contributed by atoms with Crippen LogP contribution in [0.2, 0.25) is 0 Å². The molecule has 0 aliphatic carbocycles. The summed E-state index contributed by atoms with van der Waals surface area (Å²) >= 11 is 1.68. The van der Waals surface area contributed by atoms with E-state index in [1.807, 2.05) is 17.0 Å². The second-order valence-corrected chi connectivity index (χ2v) is 8.63. The molecule has 6 heteroatoms. The van der Waals surface area contributed by atoms with Gasteiger partial charge >= 0.3 is 0 Å². The number of benzene rings is 1. The number of rotatable bonds is 6. The highest BCUT2D eigenvalue weighted by atomic mass is 32.1. The van der Waals surface area contributed by atoms with Crippen LogP contribution in [0.15, 0.2) is 65.6 Å². The van der Waals surface area contributed by atoms with Crippen LogP contribution in [0.1, 0.15) is 17.5 Å². The number of nitrogens with one attached hydrogen (secondary N) is 1. The van der Waals surface area contributed by atoms with Gasteiger partial charge < -0.3 is 10.2 Å². The van der Waals surface area contributed by atoms with Crippen molar-refractivity contribution in [3.63, 3.8) is 0 Å². The van der Waals surface area contributed by atoms with E-state index < -0.39 is 5.41 Å². The number of thiophene rings is 1. The molecule has 1 aliphatic rings. The molecule has 3 heterocycles. The maximum atomic E-state index is 12.9. The standard InChI is InChI=1S/C24H25N3O2S/c1-25-23(29)24(14-18-4-6-20(7-5-18)21-8-12-30-16-21)9-11-27(17-24)22(28)13-19-3-2-10-26-15-19/h2-8,10,12,15-16H,9,11,13-14,17H2,1H3,(H,25,29)/t24-/m1/s1. The topological polar surface area (TPSA) is 62.3 Å². The summed E-state index contributed by atoms with van der Waals surface area (Å²) in [5.74, 6) is 0.0441. The molecule has 154 valence electrons. The molecule has 2 aromatic heterocycles. The van der Waals surface area contributed by atoms with Gasteiger partial charge in [0, 0.05) is 32.5 Å². The Bertz CT molecular complexity index is 1000. The third kappa shape index (κ3) is 4.28. The van der Waals surface area contributed by atoms with Crippen molar-refractivity contribution in [2.24, 2.45) is 5.41 Å². The van der Waals surface area contributed by atoms with E-state index in [-0.39, 0.29) is 11.8 Å². The minimum atomic E-state index is -0.594. The van der Waals surface area contributed by atoms with E-state index in [0.717, 1.165) is 11.1 Å². The fourth-order valence-electron chi connectivity index (χ4n) is 4.18. The Labute approximate surface area is 180 Å². The SMILES string of the molecule is CNC(=O)[C@@]1(Cc2ccc(-c3ccsc3)cc2)CCN(C(=O)Cc2cccnc2)C1. The van der Waals surface area contributed by atoms with Gasteiger partial charge in [0.25, 0.3) is 0 Å². The Balaban J connectivity index is 1.48. The molecule has 0 bridgehead atoms. The molecular weight excluding hydrogens is 394 g/mol. The van der Waals surface area contributed by atoms with Crippen LogP contribution in [0.25, 0.3) is 11.1 Å². The van der Waals surface area contributed by atoms with Crippen molar-refractivity contribution in [2.75, 3.05) is 20.1 Å². The number of pyridine rings is 1. The minimum Gasteiger partial charge on any atom is -0.359 e. The fourth-order valence-corrected chi connectivity index (χ4v) is 4.85. The van der Waals surface area contributed by atoms with Gasteiger partial charge in [-0.1, -0.05) is 30.3 Å². The lowest BCUT2D eigenvalue weighted by atomic mass is 9.79. The van der Waals surface area contributed by atoms with Crippen LogP contribution in [-0.4, -0.2) is 41.8 Å². The van der Waals surface area contributed by atoms with Crippen molar-refractivity contribution >= 4 is 23.2 Å². The summed E-state index contributed by atoms with van der Waals surface area (Å²) in [6.07, 6.45) is 5.01. The number of carbonyl (C=O) groups excluding carboxylic acids is 2. The molecule has 1 saturated heterocycles. The molecule has 0 spiro atoms. The first-order valence-electron chi connectivity index (χ1n) is 10.1.